The molecule has 110 valence electrons. The van der Waals surface area contributed by atoms with Crippen LogP contribution < -0.4 is 15.4 Å². The average Bonchev–Trinajstić information content (AvgIpc) is 2.42. The lowest BCUT2D eigenvalue weighted by molar-refractivity contribution is 0.415. The summed E-state index contributed by atoms with van der Waals surface area (Å²) in [5.74, 6) is 0.614. The van der Waals surface area contributed by atoms with Crippen molar-refractivity contribution in [3.63, 3.8) is 0 Å². The van der Waals surface area contributed by atoms with Crippen LogP contribution in [0.2, 0.25) is 10.0 Å². The Morgan fingerprint density at radius 2 is 1.81 bits per heavy atom. The number of anilines is 2. The molecule has 0 aromatic heterocycles. The van der Waals surface area contributed by atoms with E-state index in [9.17, 15) is 0 Å². The summed E-state index contributed by atoms with van der Waals surface area (Å²) in [6.07, 6.45) is 0. The Bertz CT molecular complexity index is 677. The van der Waals surface area contributed by atoms with Gasteiger partial charge >= 0.3 is 0 Å². The monoisotopic (exact) mass is 340 g/mol. The van der Waals surface area contributed by atoms with Gasteiger partial charge in [-0.1, -0.05) is 29.3 Å². The van der Waals surface area contributed by atoms with Crippen molar-refractivity contribution in [3.05, 3.63) is 52.0 Å². The SMILES string of the molecule is COc1ccc(NC(=S)Nc2ccc(C)cc2Cl)cc1Cl. The number of nitrogens with one attached hydrogen (secondary N) is 2. The van der Waals surface area contributed by atoms with Crippen molar-refractivity contribution < 1.29 is 4.74 Å². The molecular formula is C15H14Cl2N2OS. The lowest BCUT2D eigenvalue weighted by Crippen LogP contribution is -2.19. The van der Waals surface area contributed by atoms with Crippen molar-refractivity contribution in [2.75, 3.05) is 17.7 Å². The summed E-state index contributed by atoms with van der Waals surface area (Å²) in [6, 6.07) is 11.1. The molecule has 6 heteroatoms. The first kappa shape index (κ1) is 15.9. The molecule has 21 heavy (non-hydrogen) atoms. The van der Waals surface area contributed by atoms with Crippen molar-refractivity contribution >= 4 is 51.9 Å². The van der Waals surface area contributed by atoms with Crippen molar-refractivity contribution in [3.8, 4) is 5.75 Å². The molecule has 0 saturated carbocycles. The van der Waals surface area contributed by atoms with E-state index in [2.05, 4.69) is 10.6 Å². The highest BCUT2D eigenvalue weighted by molar-refractivity contribution is 7.80. The Kier molecular flexibility index (Phi) is 5.28. The van der Waals surface area contributed by atoms with Crippen LogP contribution in [-0.2, 0) is 0 Å². The zero-order valence-corrected chi connectivity index (χ0v) is 13.9. The van der Waals surface area contributed by atoms with Gasteiger partial charge in [0, 0.05) is 5.69 Å². The highest BCUT2D eigenvalue weighted by atomic mass is 35.5. The van der Waals surface area contributed by atoms with Crippen LogP contribution in [0, 0.1) is 6.92 Å². The fourth-order valence-corrected chi connectivity index (χ4v) is 2.52. The standard InChI is InChI=1S/C15H14Cl2N2OS/c1-9-3-5-13(11(16)7-9)19-15(21)18-10-4-6-14(20-2)12(17)8-10/h3-8H,1-2H3,(H2,18,19,21). The van der Waals surface area contributed by atoms with Crippen LogP contribution in [0.15, 0.2) is 36.4 Å². The molecule has 0 bridgehead atoms. The quantitative estimate of drug-likeness (QED) is 0.759. The summed E-state index contributed by atoms with van der Waals surface area (Å²) in [6.45, 7) is 1.98. The van der Waals surface area contributed by atoms with Gasteiger partial charge in [0.15, 0.2) is 5.11 Å². The minimum Gasteiger partial charge on any atom is -0.495 e. The van der Waals surface area contributed by atoms with Crippen molar-refractivity contribution in [1.82, 2.24) is 0 Å². The van der Waals surface area contributed by atoms with E-state index in [0.29, 0.717) is 20.9 Å². The van der Waals surface area contributed by atoms with E-state index in [1.807, 2.05) is 31.2 Å². The Labute approximate surface area is 139 Å². The number of aryl methyl sites for hydroxylation is 1. The lowest BCUT2D eigenvalue weighted by atomic mass is 10.2. The van der Waals surface area contributed by atoms with E-state index < -0.39 is 0 Å². The molecule has 2 N–H and O–H groups in total. The summed E-state index contributed by atoms with van der Waals surface area (Å²) < 4.78 is 5.10. The molecule has 2 rings (SSSR count). The van der Waals surface area contributed by atoms with Gasteiger partial charge in [-0.15, -0.1) is 0 Å². The number of halogens is 2. The normalized spacial score (nSPS) is 10.1. The van der Waals surface area contributed by atoms with Gasteiger partial charge in [0.25, 0.3) is 0 Å². The molecule has 0 spiro atoms. The number of benzene rings is 2. The Morgan fingerprint density at radius 1 is 1.05 bits per heavy atom. The number of ether oxygens (including phenoxy) is 1. The molecule has 0 heterocycles. The third-order valence-corrected chi connectivity index (χ3v) is 3.59. The summed E-state index contributed by atoms with van der Waals surface area (Å²) in [5, 5.41) is 7.66. The van der Waals surface area contributed by atoms with Crippen LogP contribution in [0.5, 0.6) is 5.75 Å². The minimum absolute atomic E-state index is 0.432. The Balaban J connectivity index is 2.06. The van der Waals surface area contributed by atoms with Gasteiger partial charge in [0.1, 0.15) is 5.75 Å². The third-order valence-electron chi connectivity index (χ3n) is 2.78. The number of hydrogen-bond donors (Lipinski definition) is 2. The van der Waals surface area contributed by atoms with Crippen LogP contribution >= 0.6 is 35.4 Å². The third kappa shape index (κ3) is 4.24. The first-order chi connectivity index (χ1) is 9.99. The summed E-state index contributed by atoms with van der Waals surface area (Å²) in [7, 11) is 1.57. The van der Waals surface area contributed by atoms with Gasteiger partial charge in [-0.05, 0) is 55.0 Å². The topological polar surface area (TPSA) is 33.3 Å². The zero-order valence-electron chi connectivity index (χ0n) is 11.5. The molecular weight excluding hydrogens is 327 g/mol. The van der Waals surface area contributed by atoms with Crippen molar-refractivity contribution in [1.29, 1.82) is 0 Å². The van der Waals surface area contributed by atoms with Crippen LogP contribution in [0.4, 0.5) is 11.4 Å². The number of methoxy groups -OCH3 is 1. The second-order valence-electron chi connectivity index (χ2n) is 4.41. The van der Waals surface area contributed by atoms with E-state index in [1.54, 1.807) is 19.2 Å². The molecule has 0 fully saturated rings. The minimum atomic E-state index is 0.432. The highest BCUT2D eigenvalue weighted by Crippen LogP contribution is 2.27. The lowest BCUT2D eigenvalue weighted by Gasteiger charge is -2.13. The zero-order chi connectivity index (χ0) is 15.4. The fraction of sp³-hybridized carbons (Fsp3) is 0.133. The molecule has 0 amide bonds. The molecule has 3 nitrogen and oxygen atoms in total. The van der Waals surface area contributed by atoms with Crippen LogP contribution in [0.25, 0.3) is 0 Å². The molecule has 2 aromatic carbocycles. The Hall–Kier alpha value is -1.49. The van der Waals surface area contributed by atoms with E-state index in [-0.39, 0.29) is 0 Å². The maximum absolute atomic E-state index is 6.15. The second kappa shape index (κ2) is 6.98. The van der Waals surface area contributed by atoms with Crippen LogP contribution in [-0.4, -0.2) is 12.2 Å². The van der Waals surface area contributed by atoms with E-state index in [1.165, 1.54) is 0 Å². The molecule has 0 saturated heterocycles. The largest absolute Gasteiger partial charge is 0.495 e. The Morgan fingerprint density at radius 3 is 2.43 bits per heavy atom. The van der Waals surface area contributed by atoms with Crippen molar-refractivity contribution in [2.24, 2.45) is 0 Å². The number of rotatable bonds is 3. The van der Waals surface area contributed by atoms with Gasteiger partial charge in [-0.2, -0.15) is 0 Å². The predicted molar refractivity (Wildman–Crippen MR) is 94.0 cm³/mol. The fourth-order valence-electron chi connectivity index (χ4n) is 1.75. The predicted octanol–water partition coefficient (Wildman–Crippen LogP) is 5.12. The first-order valence-corrected chi connectivity index (χ1v) is 7.33. The van der Waals surface area contributed by atoms with Gasteiger partial charge < -0.3 is 15.4 Å². The summed E-state index contributed by atoms with van der Waals surface area (Å²) in [5.41, 5.74) is 2.60. The van der Waals surface area contributed by atoms with Crippen molar-refractivity contribution in [2.45, 2.75) is 6.92 Å². The second-order valence-corrected chi connectivity index (χ2v) is 5.63. The number of hydrogen-bond acceptors (Lipinski definition) is 2. The van der Waals surface area contributed by atoms with Crippen LogP contribution in [0.3, 0.4) is 0 Å². The highest BCUT2D eigenvalue weighted by Gasteiger charge is 2.05. The molecule has 0 atom stereocenters. The van der Waals surface area contributed by atoms with Gasteiger partial charge in [0.2, 0.25) is 0 Å². The summed E-state index contributed by atoms with van der Waals surface area (Å²) >= 11 is 17.5. The average molecular weight is 341 g/mol. The van der Waals surface area contributed by atoms with E-state index >= 15 is 0 Å². The maximum Gasteiger partial charge on any atom is 0.175 e. The molecule has 0 aliphatic rings. The van der Waals surface area contributed by atoms with Gasteiger partial charge in [-0.25, -0.2) is 0 Å². The van der Waals surface area contributed by atoms with Gasteiger partial charge in [0.05, 0.1) is 22.8 Å². The molecule has 0 aliphatic heterocycles. The van der Waals surface area contributed by atoms with Gasteiger partial charge in [-0.3, -0.25) is 0 Å². The molecule has 0 unspecified atom stereocenters. The van der Waals surface area contributed by atoms with E-state index in [4.69, 9.17) is 40.2 Å². The van der Waals surface area contributed by atoms with Crippen LogP contribution in [0.1, 0.15) is 5.56 Å². The number of thiocarbonyl (C=S) groups is 1. The molecule has 0 radical (unpaired) electrons. The first-order valence-electron chi connectivity index (χ1n) is 6.17. The molecule has 2 aromatic rings. The summed E-state index contributed by atoms with van der Waals surface area (Å²) in [4.78, 5) is 0. The maximum atomic E-state index is 6.15. The smallest absolute Gasteiger partial charge is 0.175 e. The molecule has 0 aliphatic carbocycles. The van der Waals surface area contributed by atoms with E-state index in [0.717, 1.165) is 16.9 Å².